The summed E-state index contributed by atoms with van der Waals surface area (Å²) >= 11 is 1.32. The Labute approximate surface area is 569 Å². The molecule has 5 heterocycles. The van der Waals surface area contributed by atoms with Crippen molar-refractivity contribution in [2.75, 3.05) is 37.6 Å². The van der Waals surface area contributed by atoms with Crippen LogP contribution in [0.3, 0.4) is 0 Å². The smallest absolute Gasteiger partial charge is 0.691 e. The molecule has 9 rings (SSSR count). The minimum absolute atomic E-state index is 0. The molecule has 1 aromatic heterocycles. The summed E-state index contributed by atoms with van der Waals surface area (Å²) in [5.74, 6) is -10.6. The summed E-state index contributed by atoms with van der Waals surface area (Å²) in [6.45, 7) is 2.71. The molecule has 14 N–H and O–H groups in total. The SMILES string of the molecule is CC(O)C1NC(=O)C(NC(=O)c2ccc(-c3nnc(-c4ccc(N5CCC(c6ccccc6)CC5)cc4)s3)cc2)CC(O)CNC(=O)C2C(O)C(C)CN2C(=O)C(C(O)CC(N)=O)NC(=O)C(C(O)Cc2ccc(O)c(OSOO[O-])c2)NC(=O)C2CC(O)CN2C1=O.[Na+]. The van der Waals surface area contributed by atoms with E-state index in [4.69, 9.17) is 9.92 Å². The summed E-state index contributed by atoms with van der Waals surface area (Å²) in [5.41, 5.74) is 9.40. The van der Waals surface area contributed by atoms with Gasteiger partial charge in [-0.3, -0.25) is 43.4 Å². The molecular formula is C61H72N11NaO19S2. The van der Waals surface area contributed by atoms with E-state index in [0.717, 1.165) is 66.0 Å². The van der Waals surface area contributed by atoms with Gasteiger partial charge in [-0.05, 0) is 85.3 Å². The summed E-state index contributed by atoms with van der Waals surface area (Å²) in [6, 6.07) is 16.5. The second-order valence-corrected chi connectivity index (χ2v) is 24.9. The number of nitrogens with one attached hydrogen (secondary N) is 5. The maximum Gasteiger partial charge on any atom is 1.00 e. The van der Waals surface area contributed by atoms with Crippen molar-refractivity contribution in [2.45, 2.75) is 131 Å². The molecule has 30 nitrogen and oxygen atoms in total. The average molecular weight is 1350 g/mol. The molecule has 5 aromatic rings. The van der Waals surface area contributed by atoms with Gasteiger partial charge in [0.15, 0.2) is 11.5 Å². The van der Waals surface area contributed by atoms with Crippen LogP contribution in [0, 0.1) is 5.92 Å². The Morgan fingerprint density at radius 1 is 0.766 bits per heavy atom. The van der Waals surface area contributed by atoms with Crippen LogP contribution in [0.1, 0.15) is 73.4 Å². The molecule has 4 aromatic carbocycles. The van der Waals surface area contributed by atoms with E-state index in [9.17, 15) is 79.4 Å². The number of amides is 8. The predicted molar refractivity (Wildman–Crippen MR) is 329 cm³/mol. The number of carbonyl (C=O) groups is 8. The molecule has 4 fully saturated rings. The zero-order valence-corrected chi connectivity index (χ0v) is 54.9. The molecule has 0 aliphatic carbocycles. The third kappa shape index (κ3) is 17.7. The van der Waals surface area contributed by atoms with Crippen molar-refractivity contribution in [3.8, 4) is 32.6 Å². The fourth-order valence-electron chi connectivity index (χ4n) is 11.9. The number of phenolic OH excluding ortho intramolecular Hbond substituents is 1. The Morgan fingerprint density at radius 2 is 1.39 bits per heavy atom. The first-order chi connectivity index (χ1) is 44.5. The molecule has 498 valence electrons. The summed E-state index contributed by atoms with van der Waals surface area (Å²) in [6.07, 6.45) is -11.6. The molecule has 4 aliphatic rings. The van der Waals surface area contributed by atoms with Gasteiger partial charge in [0.2, 0.25) is 41.4 Å². The number of benzene rings is 4. The van der Waals surface area contributed by atoms with Gasteiger partial charge in [-0.2, -0.15) is 0 Å². The second-order valence-electron chi connectivity index (χ2n) is 23.5. The number of aromatic nitrogens is 2. The van der Waals surface area contributed by atoms with Crippen molar-refractivity contribution in [3.63, 3.8) is 0 Å². The van der Waals surface area contributed by atoms with Crippen LogP contribution >= 0.6 is 23.7 Å². The quantitative estimate of drug-likeness (QED) is 0.0136. The van der Waals surface area contributed by atoms with Crippen molar-refractivity contribution in [1.29, 1.82) is 0 Å². The van der Waals surface area contributed by atoms with E-state index < -0.39 is 177 Å². The zero-order chi connectivity index (χ0) is 66.8. The average Bonchev–Trinajstić information content (AvgIpc) is 1.62. The van der Waals surface area contributed by atoms with Crippen molar-refractivity contribution in [1.82, 2.24) is 46.6 Å². The summed E-state index contributed by atoms with van der Waals surface area (Å²) in [5, 5.41) is 114. The number of nitrogens with two attached hydrogens (primary N) is 1. The van der Waals surface area contributed by atoms with E-state index in [1.165, 1.54) is 42.0 Å². The number of carbonyl (C=O) groups excluding carboxylic acids is 8. The number of phenols is 1. The third-order valence-corrected chi connectivity index (χ3v) is 18.2. The summed E-state index contributed by atoms with van der Waals surface area (Å²) < 4.78 is 9.16. The normalized spacial score (nSPS) is 25.4. The van der Waals surface area contributed by atoms with Gasteiger partial charge in [-0.25, -0.2) is 0 Å². The van der Waals surface area contributed by atoms with Crippen LogP contribution in [-0.2, 0) is 49.4 Å². The number of aliphatic hydroxyl groups excluding tert-OH is 6. The van der Waals surface area contributed by atoms with Gasteiger partial charge in [0.25, 0.3) is 18.2 Å². The molecule has 0 spiro atoms. The molecule has 0 radical (unpaired) electrons. The van der Waals surface area contributed by atoms with Crippen LogP contribution in [-0.4, -0.2) is 209 Å². The van der Waals surface area contributed by atoms with E-state index in [-0.39, 0.29) is 58.8 Å². The number of β-amino-alcohol motifs (C(OH)–C–C–N with tert-alkyl or cyclic N) is 1. The van der Waals surface area contributed by atoms with Gasteiger partial charge in [-0.1, -0.05) is 66.8 Å². The zero-order valence-electron chi connectivity index (χ0n) is 51.3. The Hall–Kier alpha value is -7.41. The Balaban J connectivity index is 0.0000113. The number of hydrogen-bond acceptors (Lipinski definition) is 24. The molecule has 0 bridgehead atoms. The molecular weight excluding hydrogens is 1280 g/mol. The second kappa shape index (κ2) is 32.8. The fraction of sp³-hybridized carbons (Fsp3) is 0.443. The van der Waals surface area contributed by atoms with Gasteiger partial charge in [-0.15, -0.1) is 14.5 Å². The number of anilines is 1. The minimum atomic E-state index is -2.22. The Bertz CT molecular complexity index is 3480. The van der Waals surface area contributed by atoms with E-state index in [1.54, 1.807) is 12.1 Å². The predicted octanol–water partition coefficient (Wildman–Crippen LogP) is -5.04. The van der Waals surface area contributed by atoms with Crippen LogP contribution in [0.5, 0.6) is 11.5 Å². The van der Waals surface area contributed by atoms with Gasteiger partial charge in [0.05, 0.1) is 43.0 Å². The summed E-state index contributed by atoms with van der Waals surface area (Å²) in [4.78, 5) is 118. The van der Waals surface area contributed by atoms with Crippen LogP contribution < -0.4 is 76.2 Å². The van der Waals surface area contributed by atoms with Crippen molar-refractivity contribution >= 4 is 76.6 Å². The number of rotatable bonds is 17. The largest absolute Gasteiger partial charge is 1.00 e. The van der Waals surface area contributed by atoms with Gasteiger partial charge < -0.3 is 92.2 Å². The first-order valence-corrected chi connectivity index (χ1v) is 31.4. The standard InChI is InChI=1S/C61H73N11O19S2.Na/c1-30-28-72-51(52(30)80)57(85)63-27-39(74)24-41(64-53(81)35-9-11-36(12-10-35)58-68-69-59(92-58)37-13-15-38(16-14-37)70-20-18-34(19-21-70)33-6-4-3-5-7-33)54(82)65-48(31(2)73)60(86)71-29-40(75)25-42(71)55(83)66-49(56(84)67-50(61(72)87)45(78)26-47(62)79)44(77)22-32-8-17-43(76)46(23-32)89-93-91-90-88;/h3-17,23,30-31,34,39-42,44-45,48-52,73-78,80,88H,18-22,24-29H2,1-2H3,(H2,62,79)(H,63,85)(H,64,81)(H,65,82)(H,66,83)(H,67,84);/q;+1/p-1. The third-order valence-electron chi connectivity index (χ3n) is 16.9. The molecule has 4 saturated heterocycles. The van der Waals surface area contributed by atoms with Crippen LogP contribution in [0.2, 0.25) is 0 Å². The minimum Gasteiger partial charge on any atom is -0.691 e. The first-order valence-electron chi connectivity index (χ1n) is 29.9. The number of aliphatic hydroxyl groups is 6. The topological polar surface area (TPSA) is 451 Å². The number of fused-ring (bicyclic) bond motifs is 2. The number of aromatic hydroxyl groups is 1. The van der Waals surface area contributed by atoms with E-state index in [1.807, 2.05) is 18.2 Å². The molecule has 4 aliphatic heterocycles. The first kappa shape index (κ1) is 72.4. The number of piperidine rings is 1. The van der Waals surface area contributed by atoms with Crippen LogP contribution in [0.15, 0.2) is 97.1 Å². The van der Waals surface area contributed by atoms with E-state index in [2.05, 4.69) is 87.5 Å². The Kier molecular flexibility index (Phi) is 25.3. The van der Waals surface area contributed by atoms with Crippen molar-refractivity contribution in [2.24, 2.45) is 11.7 Å². The molecule has 0 saturated carbocycles. The molecule has 8 amide bonds. The van der Waals surface area contributed by atoms with E-state index >= 15 is 0 Å². The van der Waals surface area contributed by atoms with Crippen LogP contribution in [0.25, 0.3) is 21.1 Å². The van der Waals surface area contributed by atoms with Crippen molar-refractivity contribution in [3.05, 3.63) is 114 Å². The molecule has 13 atom stereocenters. The monoisotopic (exact) mass is 1350 g/mol. The molecule has 33 heteroatoms. The number of hydrogen-bond donors (Lipinski definition) is 13. The van der Waals surface area contributed by atoms with E-state index in [0.29, 0.717) is 21.5 Å². The van der Waals surface area contributed by atoms with Crippen LogP contribution in [0.4, 0.5) is 5.69 Å². The van der Waals surface area contributed by atoms with Crippen molar-refractivity contribution < 1.29 is 122 Å². The number of primary amides is 1. The van der Waals surface area contributed by atoms with Gasteiger partial charge >= 0.3 is 29.6 Å². The molecule has 94 heavy (non-hydrogen) atoms. The van der Waals surface area contributed by atoms with Gasteiger partial charge in [0.1, 0.15) is 46.3 Å². The van der Waals surface area contributed by atoms with Gasteiger partial charge in [0, 0.05) is 80.3 Å². The maximum atomic E-state index is 14.7. The maximum absolute atomic E-state index is 14.7. The number of nitrogens with zero attached hydrogens (tertiary/aromatic N) is 5. The molecule has 13 unspecified atom stereocenters. The summed E-state index contributed by atoms with van der Waals surface area (Å²) in [7, 11) is 0. The Morgan fingerprint density at radius 3 is 2.03 bits per heavy atom. The fourth-order valence-corrected chi connectivity index (χ4v) is 13.0.